The summed E-state index contributed by atoms with van der Waals surface area (Å²) in [6.45, 7) is 8.68. The first kappa shape index (κ1) is 17.2. The molecular formula is C20H25NO2. The number of hydrogen-bond acceptors (Lipinski definition) is 3. The zero-order chi connectivity index (χ0) is 16.8. The van der Waals surface area contributed by atoms with Gasteiger partial charge >= 0.3 is 0 Å². The Morgan fingerprint density at radius 2 is 2.04 bits per heavy atom. The summed E-state index contributed by atoms with van der Waals surface area (Å²) in [6.07, 6.45) is 3.17. The van der Waals surface area contributed by atoms with E-state index in [4.69, 9.17) is 4.74 Å². The average Bonchev–Trinajstić information content (AvgIpc) is 2.52. The standard InChI is InChI=1S/C20H25NO2/c1-5-11-23-20-13-16(9-10-21-20)18-8-6-7-17(14(2)3)19(18)12-15(4)22/h6-10,13-14H,5,11-12H2,1-4H3. The number of ether oxygens (including phenoxy) is 1. The number of hydrogen-bond donors (Lipinski definition) is 0. The second-order valence-corrected chi connectivity index (χ2v) is 6.14. The third kappa shape index (κ3) is 4.41. The molecule has 1 aromatic carbocycles. The van der Waals surface area contributed by atoms with E-state index < -0.39 is 0 Å². The number of pyridine rings is 1. The van der Waals surface area contributed by atoms with Crippen LogP contribution in [-0.2, 0) is 11.2 Å². The molecule has 0 N–H and O–H groups in total. The molecule has 122 valence electrons. The highest BCUT2D eigenvalue weighted by atomic mass is 16.5. The largest absolute Gasteiger partial charge is 0.478 e. The van der Waals surface area contributed by atoms with Gasteiger partial charge in [0.15, 0.2) is 0 Å². The molecule has 3 nitrogen and oxygen atoms in total. The molecule has 0 aliphatic heterocycles. The van der Waals surface area contributed by atoms with Crippen LogP contribution in [0.3, 0.4) is 0 Å². The van der Waals surface area contributed by atoms with E-state index in [1.54, 1.807) is 13.1 Å². The second kappa shape index (κ2) is 7.91. The number of Topliss-reactive ketones (excluding diaryl/α,β-unsaturated/α-hetero) is 1. The molecular weight excluding hydrogens is 286 g/mol. The molecule has 0 amide bonds. The zero-order valence-corrected chi connectivity index (χ0v) is 14.4. The number of carbonyl (C=O) groups excluding carboxylic acids is 1. The van der Waals surface area contributed by atoms with Crippen LogP contribution in [0.2, 0.25) is 0 Å². The van der Waals surface area contributed by atoms with E-state index in [1.807, 2.05) is 12.1 Å². The van der Waals surface area contributed by atoms with E-state index in [-0.39, 0.29) is 5.78 Å². The maximum absolute atomic E-state index is 11.7. The highest BCUT2D eigenvalue weighted by molar-refractivity contribution is 5.82. The van der Waals surface area contributed by atoms with Gasteiger partial charge in [-0.15, -0.1) is 0 Å². The van der Waals surface area contributed by atoms with Crippen molar-refractivity contribution >= 4 is 5.78 Å². The van der Waals surface area contributed by atoms with E-state index in [0.29, 0.717) is 24.8 Å². The minimum Gasteiger partial charge on any atom is -0.478 e. The van der Waals surface area contributed by atoms with Crippen molar-refractivity contribution in [2.45, 2.75) is 46.5 Å². The van der Waals surface area contributed by atoms with Crippen LogP contribution in [0.5, 0.6) is 5.88 Å². The molecule has 0 aliphatic rings. The maximum atomic E-state index is 11.7. The van der Waals surface area contributed by atoms with Crippen LogP contribution < -0.4 is 4.74 Å². The van der Waals surface area contributed by atoms with Crippen LogP contribution in [0.15, 0.2) is 36.5 Å². The van der Waals surface area contributed by atoms with Crippen LogP contribution >= 0.6 is 0 Å². The quantitative estimate of drug-likeness (QED) is 0.738. The zero-order valence-electron chi connectivity index (χ0n) is 14.4. The van der Waals surface area contributed by atoms with Gasteiger partial charge < -0.3 is 4.74 Å². The van der Waals surface area contributed by atoms with Crippen LogP contribution in [0.4, 0.5) is 0 Å². The van der Waals surface area contributed by atoms with Gasteiger partial charge in [0.05, 0.1) is 6.61 Å². The Morgan fingerprint density at radius 3 is 2.70 bits per heavy atom. The molecule has 2 aromatic rings. The lowest BCUT2D eigenvalue weighted by Crippen LogP contribution is -2.05. The molecule has 23 heavy (non-hydrogen) atoms. The fourth-order valence-corrected chi connectivity index (χ4v) is 2.72. The molecule has 0 bridgehead atoms. The highest BCUT2D eigenvalue weighted by Gasteiger charge is 2.14. The van der Waals surface area contributed by atoms with Gasteiger partial charge in [-0.05, 0) is 47.6 Å². The molecule has 3 heteroatoms. The van der Waals surface area contributed by atoms with Crippen LogP contribution in [0.1, 0.15) is 51.2 Å². The van der Waals surface area contributed by atoms with Crippen LogP contribution in [-0.4, -0.2) is 17.4 Å². The van der Waals surface area contributed by atoms with Crippen LogP contribution in [0, 0.1) is 0 Å². The number of nitrogens with zero attached hydrogens (tertiary/aromatic N) is 1. The van der Waals surface area contributed by atoms with Crippen molar-refractivity contribution in [3.63, 3.8) is 0 Å². The first-order valence-electron chi connectivity index (χ1n) is 8.23. The van der Waals surface area contributed by atoms with Crippen molar-refractivity contribution in [2.24, 2.45) is 0 Å². The molecule has 0 atom stereocenters. The van der Waals surface area contributed by atoms with E-state index in [1.165, 1.54) is 5.56 Å². The summed E-state index contributed by atoms with van der Waals surface area (Å²) in [5.41, 5.74) is 4.48. The van der Waals surface area contributed by atoms with Gasteiger partial charge in [0, 0.05) is 18.7 Å². The number of aromatic nitrogens is 1. The lowest BCUT2D eigenvalue weighted by Gasteiger charge is -2.17. The number of carbonyl (C=O) groups is 1. The molecule has 0 unspecified atom stereocenters. The SMILES string of the molecule is CCCOc1cc(-c2cccc(C(C)C)c2CC(C)=O)ccn1. The predicted octanol–water partition coefficient (Wildman–Crippen LogP) is 4.79. The molecule has 0 aliphatic carbocycles. The molecule has 2 rings (SSSR count). The van der Waals surface area contributed by atoms with Gasteiger partial charge in [0.2, 0.25) is 5.88 Å². The smallest absolute Gasteiger partial charge is 0.213 e. The summed E-state index contributed by atoms with van der Waals surface area (Å²) in [5.74, 6) is 1.19. The van der Waals surface area contributed by atoms with Gasteiger partial charge in [0.1, 0.15) is 5.78 Å². The lowest BCUT2D eigenvalue weighted by molar-refractivity contribution is -0.116. The van der Waals surface area contributed by atoms with E-state index in [9.17, 15) is 4.79 Å². The molecule has 0 fully saturated rings. The third-order valence-electron chi connectivity index (χ3n) is 3.76. The summed E-state index contributed by atoms with van der Waals surface area (Å²) in [5, 5.41) is 0. The fraction of sp³-hybridized carbons (Fsp3) is 0.400. The molecule has 1 heterocycles. The predicted molar refractivity (Wildman–Crippen MR) is 93.9 cm³/mol. The summed E-state index contributed by atoms with van der Waals surface area (Å²) >= 11 is 0. The Morgan fingerprint density at radius 1 is 1.26 bits per heavy atom. The summed E-state index contributed by atoms with van der Waals surface area (Å²) < 4.78 is 5.64. The molecule has 0 saturated heterocycles. The Kier molecular flexibility index (Phi) is 5.91. The monoisotopic (exact) mass is 311 g/mol. The summed E-state index contributed by atoms with van der Waals surface area (Å²) in [6, 6.07) is 10.2. The first-order chi connectivity index (χ1) is 11.0. The van der Waals surface area contributed by atoms with E-state index in [0.717, 1.165) is 23.1 Å². The molecule has 0 saturated carbocycles. The average molecular weight is 311 g/mol. The normalized spacial score (nSPS) is 10.8. The number of ketones is 1. The Labute approximate surface area is 138 Å². The minimum absolute atomic E-state index is 0.177. The summed E-state index contributed by atoms with van der Waals surface area (Å²) in [4.78, 5) is 16.0. The second-order valence-electron chi connectivity index (χ2n) is 6.14. The van der Waals surface area contributed by atoms with Gasteiger partial charge in [-0.25, -0.2) is 4.98 Å². The Bertz CT molecular complexity index is 677. The molecule has 1 aromatic heterocycles. The van der Waals surface area contributed by atoms with Crippen LogP contribution in [0.25, 0.3) is 11.1 Å². The van der Waals surface area contributed by atoms with Gasteiger partial charge in [-0.1, -0.05) is 39.0 Å². The first-order valence-corrected chi connectivity index (χ1v) is 8.23. The number of benzene rings is 1. The van der Waals surface area contributed by atoms with Crippen molar-refractivity contribution in [3.05, 3.63) is 47.7 Å². The lowest BCUT2D eigenvalue weighted by atomic mass is 9.88. The summed E-state index contributed by atoms with van der Waals surface area (Å²) in [7, 11) is 0. The topological polar surface area (TPSA) is 39.2 Å². The van der Waals surface area contributed by atoms with Crippen molar-refractivity contribution in [1.82, 2.24) is 4.98 Å². The van der Waals surface area contributed by atoms with Gasteiger partial charge in [0.25, 0.3) is 0 Å². The van der Waals surface area contributed by atoms with Crippen molar-refractivity contribution in [3.8, 4) is 17.0 Å². The van der Waals surface area contributed by atoms with Crippen molar-refractivity contribution in [2.75, 3.05) is 6.61 Å². The fourth-order valence-electron chi connectivity index (χ4n) is 2.72. The third-order valence-corrected chi connectivity index (χ3v) is 3.76. The van der Waals surface area contributed by atoms with E-state index >= 15 is 0 Å². The molecule has 0 radical (unpaired) electrons. The van der Waals surface area contributed by atoms with Gasteiger partial charge in [-0.3, -0.25) is 4.79 Å². The Balaban J connectivity index is 2.49. The van der Waals surface area contributed by atoms with Crippen molar-refractivity contribution in [1.29, 1.82) is 0 Å². The highest BCUT2D eigenvalue weighted by Crippen LogP contribution is 2.32. The van der Waals surface area contributed by atoms with Gasteiger partial charge in [-0.2, -0.15) is 0 Å². The molecule has 0 spiro atoms. The maximum Gasteiger partial charge on any atom is 0.213 e. The van der Waals surface area contributed by atoms with E-state index in [2.05, 4.69) is 44.0 Å². The Hall–Kier alpha value is -2.16. The van der Waals surface area contributed by atoms with Crippen molar-refractivity contribution < 1.29 is 9.53 Å². The number of rotatable bonds is 7. The minimum atomic E-state index is 0.177.